The smallest absolute Gasteiger partial charge is 0.337 e. The van der Waals surface area contributed by atoms with Crippen LogP contribution >= 0.6 is 11.6 Å². The Morgan fingerprint density at radius 3 is 2.65 bits per heavy atom. The molecule has 0 unspecified atom stereocenters. The van der Waals surface area contributed by atoms with Gasteiger partial charge in [-0.3, -0.25) is 4.79 Å². The second kappa shape index (κ2) is 5.30. The Morgan fingerprint density at radius 1 is 1.40 bits per heavy atom. The minimum Gasteiger partial charge on any atom is -0.478 e. The lowest BCUT2D eigenvalue weighted by Crippen LogP contribution is -2.22. The maximum absolute atomic E-state index is 11.7. The molecule has 0 saturated heterocycles. The Hall–Kier alpha value is -2.41. The summed E-state index contributed by atoms with van der Waals surface area (Å²) in [5.41, 5.74) is 0.227. The molecule has 8 heteroatoms. The lowest BCUT2D eigenvalue weighted by atomic mass is 10.3. The summed E-state index contributed by atoms with van der Waals surface area (Å²) in [6.45, 7) is 0. The first-order valence-electron chi connectivity index (χ1n) is 5.56. The van der Waals surface area contributed by atoms with Crippen molar-refractivity contribution in [3.8, 4) is 5.82 Å². The van der Waals surface area contributed by atoms with E-state index in [1.54, 1.807) is 14.1 Å². The summed E-state index contributed by atoms with van der Waals surface area (Å²) in [6.07, 6.45) is 2.71. The summed E-state index contributed by atoms with van der Waals surface area (Å²) >= 11 is 5.98. The molecule has 104 valence electrons. The van der Waals surface area contributed by atoms with Crippen LogP contribution in [0.1, 0.15) is 20.8 Å². The van der Waals surface area contributed by atoms with Crippen LogP contribution < -0.4 is 0 Å². The van der Waals surface area contributed by atoms with Crippen molar-refractivity contribution in [1.29, 1.82) is 0 Å². The number of carbonyl (C=O) groups excluding carboxylic acids is 1. The highest BCUT2D eigenvalue weighted by atomic mass is 35.5. The van der Waals surface area contributed by atoms with E-state index in [0.717, 1.165) is 0 Å². The van der Waals surface area contributed by atoms with Crippen molar-refractivity contribution in [1.82, 2.24) is 19.7 Å². The molecule has 2 heterocycles. The standard InChI is InChI=1S/C12H11ClN4O3/c1-16(2)11(18)9-3-4-17(15-9)10-8(13)5-7(6-14-10)12(19)20/h3-6H,1-2H3,(H,19,20). The molecule has 2 aromatic heterocycles. The zero-order valence-corrected chi connectivity index (χ0v) is 11.5. The average molecular weight is 295 g/mol. The van der Waals surface area contributed by atoms with Gasteiger partial charge in [-0.25, -0.2) is 14.5 Å². The third kappa shape index (κ3) is 2.62. The molecule has 2 aromatic rings. The summed E-state index contributed by atoms with van der Waals surface area (Å²) < 4.78 is 1.32. The molecule has 0 fully saturated rings. The van der Waals surface area contributed by atoms with Crippen LogP contribution in [0.3, 0.4) is 0 Å². The predicted molar refractivity (Wildman–Crippen MR) is 71.3 cm³/mol. The number of halogens is 1. The Kier molecular flexibility index (Phi) is 3.71. The average Bonchev–Trinajstić information content (AvgIpc) is 2.86. The quantitative estimate of drug-likeness (QED) is 0.922. The van der Waals surface area contributed by atoms with E-state index >= 15 is 0 Å². The van der Waals surface area contributed by atoms with Crippen molar-refractivity contribution < 1.29 is 14.7 Å². The monoisotopic (exact) mass is 294 g/mol. The van der Waals surface area contributed by atoms with Crippen LogP contribution in [0.15, 0.2) is 24.5 Å². The van der Waals surface area contributed by atoms with Crippen LogP contribution in [0.25, 0.3) is 5.82 Å². The number of aromatic carboxylic acids is 1. The minimum atomic E-state index is -1.12. The number of carbonyl (C=O) groups is 2. The Morgan fingerprint density at radius 2 is 2.10 bits per heavy atom. The summed E-state index contributed by atoms with van der Waals surface area (Å²) in [7, 11) is 3.24. The van der Waals surface area contributed by atoms with Gasteiger partial charge in [0.05, 0.1) is 10.6 Å². The number of rotatable bonds is 3. The van der Waals surface area contributed by atoms with Gasteiger partial charge in [0.25, 0.3) is 5.91 Å². The Balaban J connectivity index is 2.38. The molecule has 2 rings (SSSR count). The van der Waals surface area contributed by atoms with Crippen molar-refractivity contribution in [2.24, 2.45) is 0 Å². The fourth-order valence-corrected chi connectivity index (χ4v) is 1.75. The number of hydrogen-bond donors (Lipinski definition) is 1. The van der Waals surface area contributed by atoms with Gasteiger partial charge in [-0.2, -0.15) is 5.10 Å². The number of carboxylic acids is 1. The summed E-state index contributed by atoms with van der Waals surface area (Å²) in [5, 5.41) is 13.0. The van der Waals surface area contributed by atoms with Crippen LogP contribution in [0.5, 0.6) is 0 Å². The number of hydrogen-bond acceptors (Lipinski definition) is 4. The normalized spacial score (nSPS) is 10.3. The third-order valence-electron chi connectivity index (χ3n) is 2.50. The van der Waals surface area contributed by atoms with Crippen molar-refractivity contribution in [3.63, 3.8) is 0 Å². The second-order valence-corrected chi connectivity index (χ2v) is 4.59. The fraction of sp³-hybridized carbons (Fsp3) is 0.167. The van der Waals surface area contributed by atoms with E-state index in [1.165, 1.54) is 34.1 Å². The second-order valence-electron chi connectivity index (χ2n) is 4.18. The molecule has 0 aliphatic carbocycles. The first-order chi connectivity index (χ1) is 9.40. The number of amides is 1. The van der Waals surface area contributed by atoms with Gasteiger partial charge >= 0.3 is 5.97 Å². The molecule has 0 bridgehead atoms. The third-order valence-corrected chi connectivity index (χ3v) is 2.78. The molecule has 0 saturated carbocycles. The van der Waals surface area contributed by atoms with Gasteiger partial charge in [0, 0.05) is 26.5 Å². The molecule has 20 heavy (non-hydrogen) atoms. The van der Waals surface area contributed by atoms with Crippen LogP contribution in [0.4, 0.5) is 0 Å². The fourth-order valence-electron chi connectivity index (χ4n) is 1.50. The lowest BCUT2D eigenvalue weighted by Gasteiger charge is -2.07. The maximum atomic E-state index is 11.7. The first kappa shape index (κ1) is 14.0. The molecule has 1 amide bonds. The lowest BCUT2D eigenvalue weighted by molar-refractivity contribution is 0.0696. The SMILES string of the molecule is CN(C)C(=O)c1ccn(-c2ncc(C(=O)O)cc2Cl)n1. The molecule has 0 atom stereocenters. The van der Waals surface area contributed by atoms with Crippen LogP contribution in [-0.2, 0) is 0 Å². The van der Waals surface area contributed by atoms with Gasteiger partial charge in [0.15, 0.2) is 11.5 Å². The molecule has 1 N–H and O–H groups in total. The van der Waals surface area contributed by atoms with E-state index in [4.69, 9.17) is 16.7 Å². The van der Waals surface area contributed by atoms with E-state index in [1.807, 2.05) is 0 Å². The predicted octanol–water partition coefficient (Wildman–Crippen LogP) is 1.32. The van der Waals surface area contributed by atoms with E-state index in [2.05, 4.69) is 10.1 Å². The maximum Gasteiger partial charge on any atom is 0.337 e. The number of pyridine rings is 1. The highest BCUT2D eigenvalue weighted by Gasteiger charge is 2.15. The molecule has 0 aliphatic rings. The van der Waals surface area contributed by atoms with Gasteiger partial charge in [0.2, 0.25) is 0 Å². The Bertz CT molecular complexity index is 681. The van der Waals surface area contributed by atoms with Gasteiger partial charge < -0.3 is 10.0 Å². The molecule has 7 nitrogen and oxygen atoms in total. The molecule has 0 radical (unpaired) electrons. The zero-order valence-electron chi connectivity index (χ0n) is 10.7. The summed E-state index contributed by atoms with van der Waals surface area (Å²) in [6, 6.07) is 2.81. The van der Waals surface area contributed by atoms with Crippen molar-refractivity contribution in [3.05, 3.63) is 40.8 Å². The number of carboxylic acid groups (broad SMARTS) is 1. The molecule has 0 spiro atoms. The van der Waals surface area contributed by atoms with Gasteiger partial charge in [0.1, 0.15) is 0 Å². The topological polar surface area (TPSA) is 88.3 Å². The number of nitrogens with zero attached hydrogens (tertiary/aromatic N) is 4. The zero-order chi connectivity index (χ0) is 14.9. The van der Waals surface area contributed by atoms with Crippen LogP contribution in [-0.4, -0.2) is 50.7 Å². The minimum absolute atomic E-state index is 0.0181. The van der Waals surface area contributed by atoms with Gasteiger partial charge in [-0.1, -0.05) is 11.6 Å². The van der Waals surface area contributed by atoms with Crippen LogP contribution in [0.2, 0.25) is 5.02 Å². The van der Waals surface area contributed by atoms with Gasteiger partial charge in [-0.15, -0.1) is 0 Å². The van der Waals surface area contributed by atoms with E-state index in [0.29, 0.717) is 0 Å². The van der Waals surface area contributed by atoms with Gasteiger partial charge in [-0.05, 0) is 12.1 Å². The molecule has 0 aromatic carbocycles. The van der Waals surface area contributed by atoms with Crippen molar-refractivity contribution in [2.45, 2.75) is 0 Å². The van der Waals surface area contributed by atoms with Crippen LogP contribution in [0, 0.1) is 0 Å². The Labute approximate surface area is 119 Å². The molecular weight excluding hydrogens is 284 g/mol. The van der Waals surface area contributed by atoms with E-state index in [-0.39, 0.29) is 28.0 Å². The molecular formula is C12H11ClN4O3. The molecule has 0 aliphatic heterocycles. The first-order valence-corrected chi connectivity index (χ1v) is 5.94. The van der Waals surface area contributed by atoms with Crippen molar-refractivity contribution in [2.75, 3.05) is 14.1 Å². The van der Waals surface area contributed by atoms with E-state index < -0.39 is 5.97 Å². The number of aromatic nitrogens is 3. The highest BCUT2D eigenvalue weighted by molar-refractivity contribution is 6.32. The summed E-state index contributed by atoms with van der Waals surface area (Å²) in [5.74, 6) is -1.11. The van der Waals surface area contributed by atoms with Crippen molar-refractivity contribution >= 4 is 23.5 Å². The largest absolute Gasteiger partial charge is 0.478 e. The summed E-state index contributed by atoms with van der Waals surface area (Å²) in [4.78, 5) is 27.9. The highest BCUT2D eigenvalue weighted by Crippen LogP contribution is 2.19. The van der Waals surface area contributed by atoms with E-state index in [9.17, 15) is 9.59 Å².